The first-order chi connectivity index (χ1) is 17.9. The number of rotatable bonds is 13. The third-order valence-electron chi connectivity index (χ3n) is 7.90. The molecule has 0 amide bonds. The molecule has 1 saturated heterocycles. The zero-order chi connectivity index (χ0) is 26.2. The van der Waals surface area contributed by atoms with Gasteiger partial charge in [0.1, 0.15) is 11.9 Å². The van der Waals surface area contributed by atoms with Crippen LogP contribution in [-0.4, -0.2) is 52.3 Å². The number of piperidine rings is 1. The minimum Gasteiger partial charge on any atom is -0.497 e. The molecule has 4 rings (SSSR count). The van der Waals surface area contributed by atoms with E-state index >= 15 is 4.39 Å². The first-order valence-electron chi connectivity index (χ1n) is 13.5. The van der Waals surface area contributed by atoms with Crippen molar-refractivity contribution in [3.05, 3.63) is 60.0 Å². The zero-order valence-corrected chi connectivity index (χ0v) is 22.1. The molecule has 7 heteroatoms. The number of halogens is 1. The summed E-state index contributed by atoms with van der Waals surface area (Å²) < 4.78 is 23.0. The number of aryl methyl sites for hydroxylation is 2. The highest BCUT2D eigenvalue weighted by Gasteiger charge is 2.30. The van der Waals surface area contributed by atoms with Crippen molar-refractivity contribution >= 4 is 16.9 Å². The number of fused-ring (bicyclic) bond motifs is 1. The summed E-state index contributed by atoms with van der Waals surface area (Å²) >= 11 is 0. The third kappa shape index (κ3) is 7.54. The van der Waals surface area contributed by atoms with Gasteiger partial charge in [-0.15, -0.1) is 0 Å². The number of aromatic nitrogens is 2. The molecule has 1 aliphatic rings. The summed E-state index contributed by atoms with van der Waals surface area (Å²) in [7, 11) is 3.66. The van der Waals surface area contributed by atoms with Crippen molar-refractivity contribution in [3.8, 4) is 5.75 Å². The Morgan fingerprint density at radius 1 is 1.22 bits per heavy atom. The van der Waals surface area contributed by atoms with E-state index in [1.807, 2.05) is 25.2 Å². The average molecular weight is 510 g/mol. The molecule has 1 aromatic carbocycles. The smallest absolute Gasteiger partial charge is 0.303 e. The van der Waals surface area contributed by atoms with Gasteiger partial charge >= 0.3 is 5.97 Å². The Morgan fingerprint density at radius 2 is 2.08 bits per heavy atom. The van der Waals surface area contributed by atoms with Crippen LogP contribution in [0.2, 0.25) is 0 Å². The second-order valence-corrected chi connectivity index (χ2v) is 10.5. The minimum absolute atomic E-state index is 0.177. The highest BCUT2D eigenvalue weighted by atomic mass is 19.1. The fourth-order valence-electron chi connectivity index (χ4n) is 5.81. The number of methoxy groups -OCH3 is 1. The van der Waals surface area contributed by atoms with Gasteiger partial charge in [0.2, 0.25) is 0 Å². The highest BCUT2D eigenvalue weighted by molar-refractivity contribution is 5.83. The van der Waals surface area contributed by atoms with Crippen LogP contribution in [0.5, 0.6) is 5.75 Å². The number of hydrogen-bond donors (Lipinski definition) is 1. The highest BCUT2D eigenvalue weighted by Crippen LogP contribution is 2.36. The lowest BCUT2D eigenvalue weighted by molar-refractivity contribution is -0.137. The SMILES string of the molecule is COc1ccc2nccc([C@@H](F)CCC3CCN(CCCCc4ccn(C)c4)CC3CCC(=O)O)c2c1. The molecule has 6 nitrogen and oxygen atoms in total. The van der Waals surface area contributed by atoms with E-state index in [0.29, 0.717) is 36.0 Å². The van der Waals surface area contributed by atoms with Crippen LogP contribution in [0.15, 0.2) is 48.9 Å². The summed E-state index contributed by atoms with van der Waals surface area (Å²) in [6.07, 6.45) is 11.3. The van der Waals surface area contributed by atoms with Crippen molar-refractivity contribution in [2.45, 2.75) is 57.5 Å². The summed E-state index contributed by atoms with van der Waals surface area (Å²) in [6, 6.07) is 9.51. The lowest BCUT2D eigenvalue weighted by atomic mass is 9.79. The number of benzene rings is 1. The minimum atomic E-state index is -1.09. The molecule has 1 N–H and O–H groups in total. The van der Waals surface area contributed by atoms with Gasteiger partial charge in [-0.3, -0.25) is 9.78 Å². The molecular weight excluding hydrogens is 469 g/mol. The van der Waals surface area contributed by atoms with E-state index in [-0.39, 0.29) is 6.42 Å². The monoisotopic (exact) mass is 509 g/mol. The number of alkyl halides is 1. The quantitative estimate of drug-likeness (QED) is 0.278. The molecule has 2 unspecified atom stereocenters. The van der Waals surface area contributed by atoms with E-state index in [1.54, 1.807) is 19.4 Å². The molecule has 1 aliphatic heterocycles. The van der Waals surface area contributed by atoms with Crippen LogP contribution in [0.1, 0.15) is 62.2 Å². The number of unbranched alkanes of at least 4 members (excludes halogenated alkanes) is 1. The van der Waals surface area contributed by atoms with Crippen molar-refractivity contribution in [3.63, 3.8) is 0 Å². The molecule has 3 atom stereocenters. The Morgan fingerprint density at radius 3 is 2.84 bits per heavy atom. The van der Waals surface area contributed by atoms with Crippen molar-refractivity contribution < 1.29 is 19.0 Å². The Bertz CT molecular complexity index is 1160. The Balaban J connectivity index is 1.32. The number of aliphatic carboxylic acids is 1. The number of ether oxygens (including phenoxy) is 1. The molecule has 3 heterocycles. The molecule has 0 aliphatic carbocycles. The summed E-state index contributed by atoms with van der Waals surface area (Å²) in [6.45, 7) is 2.96. The van der Waals surface area contributed by atoms with Crippen LogP contribution in [-0.2, 0) is 18.3 Å². The fraction of sp³-hybridized carbons (Fsp3) is 0.533. The Hall–Kier alpha value is -2.93. The van der Waals surface area contributed by atoms with Gasteiger partial charge in [0.15, 0.2) is 0 Å². The van der Waals surface area contributed by atoms with Gasteiger partial charge in [-0.2, -0.15) is 0 Å². The number of hydrogen-bond acceptors (Lipinski definition) is 4. The van der Waals surface area contributed by atoms with E-state index in [2.05, 4.69) is 32.9 Å². The molecule has 0 saturated carbocycles. The Kier molecular flexibility index (Phi) is 9.56. The number of likely N-dealkylation sites (tertiary alicyclic amines) is 1. The van der Waals surface area contributed by atoms with Crippen LogP contribution in [0.4, 0.5) is 4.39 Å². The predicted octanol–water partition coefficient (Wildman–Crippen LogP) is 6.20. The van der Waals surface area contributed by atoms with E-state index in [0.717, 1.165) is 62.6 Å². The zero-order valence-electron chi connectivity index (χ0n) is 22.1. The van der Waals surface area contributed by atoms with Gasteiger partial charge in [0.05, 0.1) is 12.6 Å². The van der Waals surface area contributed by atoms with Gasteiger partial charge in [-0.25, -0.2) is 4.39 Å². The summed E-state index contributed by atoms with van der Waals surface area (Å²) in [5.74, 6) is 0.583. The van der Waals surface area contributed by atoms with Crippen LogP contribution in [0, 0.1) is 11.8 Å². The maximum atomic E-state index is 15.5. The second-order valence-electron chi connectivity index (χ2n) is 10.5. The average Bonchev–Trinajstić information content (AvgIpc) is 3.33. The fourth-order valence-corrected chi connectivity index (χ4v) is 5.81. The van der Waals surface area contributed by atoms with Crippen LogP contribution >= 0.6 is 0 Å². The largest absolute Gasteiger partial charge is 0.497 e. The lowest BCUT2D eigenvalue weighted by Gasteiger charge is -2.39. The molecule has 3 aromatic rings. The van der Waals surface area contributed by atoms with Crippen molar-refractivity contribution in [1.82, 2.24) is 14.5 Å². The lowest BCUT2D eigenvalue weighted by Crippen LogP contribution is -2.41. The summed E-state index contributed by atoms with van der Waals surface area (Å²) in [4.78, 5) is 18.2. The molecule has 37 heavy (non-hydrogen) atoms. The van der Waals surface area contributed by atoms with Gasteiger partial charge in [-0.05, 0) is 111 Å². The number of carboxylic acids is 1. The van der Waals surface area contributed by atoms with Crippen LogP contribution < -0.4 is 4.74 Å². The molecule has 2 aromatic heterocycles. The molecule has 0 spiro atoms. The van der Waals surface area contributed by atoms with E-state index < -0.39 is 12.1 Å². The number of carboxylic acid groups (broad SMARTS) is 1. The number of carbonyl (C=O) groups is 1. The molecule has 0 bridgehead atoms. The van der Waals surface area contributed by atoms with Crippen LogP contribution in [0.25, 0.3) is 10.9 Å². The maximum absolute atomic E-state index is 15.5. The van der Waals surface area contributed by atoms with E-state index in [4.69, 9.17) is 4.74 Å². The van der Waals surface area contributed by atoms with Crippen molar-refractivity contribution in [1.29, 1.82) is 0 Å². The second kappa shape index (κ2) is 13.0. The Labute approximate surface area is 219 Å². The topological polar surface area (TPSA) is 67.6 Å². The van der Waals surface area contributed by atoms with Crippen molar-refractivity contribution in [2.75, 3.05) is 26.7 Å². The third-order valence-corrected chi connectivity index (χ3v) is 7.90. The van der Waals surface area contributed by atoms with Gasteiger partial charge in [-0.1, -0.05) is 0 Å². The van der Waals surface area contributed by atoms with Gasteiger partial charge < -0.3 is 19.3 Å². The van der Waals surface area contributed by atoms with E-state index in [9.17, 15) is 9.90 Å². The standard InChI is InChI=1S/C30H40FN3O3/c1-33-17-13-22(20-33)5-3-4-16-34-18-14-23(24(21-34)7-11-30(35)36)6-9-28(31)26-12-15-32-29-10-8-25(37-2)19-27(26)29/h8,10,12-13,15,17,19-20,23-24,28H,3-7,9,11,14,16,18,21H2,1-2H3,(H,35,36)/t23?,24?,28-/m0/s1. The summed E-state index contributed by atoms with van der Waals surface area (Å²) in [5, 5.41) is 10.1. The molecule has 200 valence electrons. The van der Waals surface area contributed by atoms with Gasteiger partial charge in [0, 0.05) is 44.0 Å². The first kappa shape index (κ1) is 27.1. The van der Waals surface area contributed by atoms with E-state index in [1.165, 1.54) is 5.56 Å². The van der Waals surface area contributed by atoms with Crippen LogP contribution in [0.3, 0.4) is 0 Å². The first-order valence-corrected chi connectivity index (χ1v) is 13.5. The normalized spacial score (nSPS) is 19.2. The number of nitrogens with zero attached hydrogens (tertiary/aromatic N) is 3. The van der Waals surface area contributed by atoms with Gasteiger partial charge in [0.25, 0.3) is 0 Å². The molecular formula is C30H40FN3O3. The molecule has 1 fully saturated rings. The molecule has 0 radical (unpaired) electrons. The number of pyridine rings is 1. The van der Waals surface area contributed by atoms with Crippen molar-refractivity contribution in [2.24, 2.45) is 18.9 Å². The predicted molar refractivity (Wildman–Crippen MR) is 145 cm³/mol. The summed E-state index contributed by atoms with van der Waals surface area (Å²) in [5.41, 5.74) is 2.80. The maximum Gasteiger partial charge on any atom is 0.303 e.